The van der Waals surface area contributed by atoms with E-state index in [0.29, 0.717) is 23.0 Å². The molecule has 19 heavy (non-hydrogen) atoms. The van der Waals surface area contributed by atoms with Gasteiger partial charge in [-0.05, 0) is 19.8 Å². The third kappa shape index (κ3) is 2.77. The molecule has 0 aliphatic heterocycles. The molecule has 1 amide bonds. The molecule has 0 bridgehead atoms. The predicted octanol–water partition coefficient (Wildman–Crippen LogP) is 2.07. The topological polar surface area (TPSA) is 56.1 Å². The molecule has 0 unspecified atom stereocenters. The van der Waals surface area contributed by atoms with Gasteiger partial charge in [0, 0.05) is 14.2 Å². The Morgan fingerprint density at radius 2 is 2.16 bits per heavy atom. The van der Waals surface area contributed by atoms with Gasteiger partial charge in [-0.2, -0.15) is 5.10 Å². The minimum absolute atomic E-state index is 0.174. The van der Waals surface area contributed by atoms with Gasteiger partial charge in [0.15, 0.2) is 0 Å². The third-order valence-corrected chi connectivity index (χ3v) is 4.18. The Labute approximate surface area is 118 Å². The molecule has 2 rings (SSSR count). The first-order chi connectivity index (χ1) is 8.99. The summed E-state index contributed by atoms with van der Waals surface area (Å²) in [5, 5.41) is 7.68. The van der Waals surface area contributed by atoms with Gasteiger partial charge >= 0.3 is 0 Å². The summed E-state index contributed by atoms with van der Waals surface area (Å²) < 4.78 is 6.79. The average molecular weight is 286 g/mol. The van der Waals surface area contributed by atoms with Gasteiger partial charge in [0.25, 0.3) is 5.91 Å². The Balaban J connectivity index is 2.20. The number of carbonyl (C=O) groups excluding carboxylic acids is 1. The number of ether oxygens (including phenoxy) is 1. The van der Waals surface area contributed by atoms with E-state index >= 15 is 0 Å². The number of nitrogens with zero attached hydrogens (tertiary/aromatic N) is 2. The van der Waals surface area contributed by atoms with Gasteiger partial charge in [0.1, 0.15) is 5.69 Å². The molecule has 1 aliphatic rings. The highest BCUT2D eigenvalue weighted by Gasteiger charge is 2.36. The predicted molar refractivity (Wildman–Crippen MR) is 73.5 cm³/mol. The lowest BCUT2D eigenvalue weighted by atomic mass is 9.98. The number of hydrogen-bond acceptors (Lipinski definition) is 3. The summed E-state index contributed by atoms with van der Waals surface area (Å²) in [6, 6.07) is 0. The second-order valence-electron chi connectivity index (χ2n) is 5.25. The molecular formula is C13H20ClN3O2. The number of carbonyl (C=O) groups is 1. The largest absolute Gasteiger partial charge is 0.382 e. The van der Waals surface area contributed by atoms with E-state index in [4.69, 9.17) is 16.3 Å². The van der Waals surface area contributed by atoms with Crippen molar-refractivity contribution < 1.29 is 9.53 Å². The zero-order chi connectivity index (χ0) is 14.0. The molecule has 0 aromatic carbocycles. The van der Waals surface area contributed by atoms with Crippen LogP contribution in [0.15, 0.2) is 0 Å². The SMILES string of the molecule is COCC1(NC(=O)c2c(Cl)c(C)nn2C)CCCC1. The summed E-state index contributed by atoms with van der Waals surface area (Å²) in [6.07, 6.45) is 4.12. The zero-order valence-corrected chi connectivity index (χ0v) is 12.4. The van der Waals surface area contributed by atoms with Crippen LogP contribution < -0.4 is 5.32 Å². The summed E-state index contributed by atoms with van der Waals surface area (Å²) >= 11 is 6.14. The number of aryl methyl sites for hydroxylation is 2. The second kappa shape index (κ2) is 5.51. The molecule has 1 saturated carbocycles. The standard InChI is InChI=1S/C13H20ClN3O2/c1-9-10(14)11(17(2)16-9)12(18)15-13(8-19-3)6-4-5-7-13/h4-8H2,1-3H3,(H,15,18). The number of rotatable bonds is 4. The molecule has 1 aromatic rings. The monoisotopic (exact) mass is 285 g/mol. The normalized spacial score (nSPS) is 17.7. The number of halogens is 1. The van der Waals surface area contributed by atoms with Crippen molar-refractivity contribution in [2.24, 2.45) is 7.05 Å². The highest BCUT2D eigenvalue weighted by molar-refractivity contribution is 6.34. The maximum atomic E-state index is 12.4. The lowest BCUT2D eigenvalue weighted by Crippen LogP contribution is -2.50. The molecule has 106 valence electrons. The summed E-state index contributed by atoms with van der Waals surface area (Å²) in [5.41, 5.74) is 0.830. The molecule has 0 atom stereocenters. The fraction of sp³-hybridized carbons (Fsp3) is 0.692. The Hall–Kier alpha value is -1.07. The van der Waals surface area contributed by atoms with Crippen LogP contribution in [-0.2, 0) is 11.8 Å². The Kier molecular flexibility index (Phi) is 4.16. The van der Waals surface area contributed by atoms with Gasteiger partial charge in [-0.3, -0.25) is 9.48 Å². The lowest BCUT2D eigenvalue weighted by Gasteiger charge is -2.29. The van der Waals surface area contributed by atoms with Crippen LogP contribution in [0.25, 0.3) is 0 Å². The Morgan fingerprint density at radius 1 is 1.53 bits per heavy atom. The number of aromatic nitrogens is 2. The van der Waals surface area contributed by atoms with Crippen LogP contribution in [0, 0.1) is 6.92 Å². The molecule has 1 heterocycles. The van der Waals surface area contributed by atoms with Crippen molar-refractivity contribution in [3.05, 3.63) is 16.4 Å². The van der Waals surface area contributed by atoms with Crippen LogP contribution in [0.4, 0.5) is 0 Å². The van der Waals surface area contributed by atoms with E-state index in [1.807, 2.05) is 0 Å². The first kappa shape index (κ1) is 14.3. The van der Waals surface area contributed by atoms with E-state index in [1.165, 1.54) is 4.68 Å². The van der Waals surface area contributed by atoms with Gasteiger partial charge < -0.3 is 10.1 Å². The van der Waals surface area contributed by atoms with Gasteiger partial charge in [-0.15, -0.1) is 0 Å². The Bertz CT molecular complexity index is 478. The summed E-state index contributed by atoms with van der Waals surface area (Å²) in [6.45, 7) is 2.33. The van der Waals surface area contributed by atoms with Crippen LogP contribution in [0.5, 0.6) is 0 Å². The van der Waals surface area contributed by atoms with Crippen LogP contribution in [-0.4, -0.2) is 34.9 Å². The molecule has 1 N–H and O–H groups in total. The van der Waals surface area contributed by atoms with Crippen molar-refractivity contribution in [3.63, 3.8) is 0 Å². The summed E-state index contributed by atoms with van der Waals surface area (Å²) in [5.74, 6) is -0.174. The van der Waals surface area contributed by atoms with Gasteiger partial charge in [-0.1, -0.05) is 24.4 Å². The van der Waals surface area contributed by atoms with Crippen molar-refractivity contribution in [2.45, 2.75) is 38.1 Å². The lowest BCUT2D eigenvalue weighted by molar-refractivity contribution is 0.0759. The third-order valence-electron chi connectivity index (χ3n) is 3.72. The highest BCUT2D eigenvalue weighted by atomic mass is 35.5. The van der Waals surface area contributed by atoms with Crippen molar-refractivity contribution in [3.8, 4) is 0 Å². The number of amides is 1. The summed E-state index contributed by atoms with van der Waals surface area (Å²) in [7, 11) is 3.39. The molecule has 0 spiro atoms. The molecule has 0 radical (unpaired) electrons. The second-order valence-corrected chi connectivity index (χ2v) is 5.62. The van der Waals surface area contributed by atoms with Crippen molar-refractivity contribution >= 4 is 17.5 Å². The maximum absolute atomic E-state index is 12.4. The fourth-order valence-electron chi connectivity index (χ4n) is 2.81. The van der Waals surface area contributed by atoms with Crippen LogP contribution in [0.1, 0.15) is 41.9 Å². The highest BCUT2D eigenvalue weighted by Crippen LogP contribution is 2.31. The number of methoxy groups -OCH3 is 1. The van der Waals surface area contributed by atoms with E-state index in [0.717, 1.165) is 25.7 Å². The fourth-order valence-corrected chi connectivity index (χ4v) is 3.06. The number of hydrogen-bond donors (Lipinski definition) is 1. The number of nitrogens with one attached hydrogen (secondary N) is 1. The smallest absolute Gasteiger partial charge is 0.271 e. The Morgan fingerprint density at radius 3 is 2.63 bits per heavy atom. The molecular weight excluding hydrogens is 266 g/mol. The van der Waals surface area contributed by atoms with Crippen LogP contribution >= 0.6 is 11.6 Å². The van der Waals surface area contributed by atoms with E-state index in [1.54, 1.807) is 21.1 Å². The van der Waals surface area contributed by atoms with Crippen LogP contribution in [0.3, 0.4) is 0 Å². The molecule has 1 fully saturated rings. The molecule has 0 saturated heterocycles. The molecule has 1 aliphatic carbocycles. The molecule has 5 nitrogen and oxygen atoms in total. The quantitative estimate of drug-likeness (QED) is 0.921. The van der Waals surface area contributed by atoms with E-state index in [2.05, 4.69) is 10.4 Å². The van der Waals surface area contributed by atoms with Crippen molar-refractivity contribution in [2.75, 3.05) is 13.7 Å². The molecule has 1 aromatic heterocycles. The van der Waals surface area contributed by atoms with E-state index in [-0.39, 0.29) is 11.4 Å². The zero-order valence-electron chi connectivity index (χ0n) is 11.6. The maximum Gasteiger partial charge on any atom is 0.271 e. The van der Waals surface area contributed by atoms with Crippen LogP contribution in [0.2, 0.25) is 5.02 Å². The first-order valence-corrected chi connectivity index (χ1v) is 6.87. The minimum Gasteiger partial charge on any atom is -0.382 e. The average Bonchev–Trinajstić information content (AvgIpc) is 2.86. The van der Waals surface area contributed by atoms with Crippen molar-refractivity contribution in [1.82, 2.24) is 15.1 Å². The molecule has 6 heteroatoms. The van der Waals surface area contributed by atoms with Gasteiger partial charge in [-0.25, -0.2) is 0 Å². The first-order valence-electron chi connectivity index (χ1n) is 6.50. The van der Waals surface area contributed by atoms with Gasteiger partial charge in [0.2, 0.25) is 0 Å². The van der Waals surface area contributed by atoms with Gasteiger partial charge in [0.05, 0.1) is 22.9 Å². The summed E-state index contributed by atoms with van der Waals surface area (Å²) in [4.78, 5) is 12.4. The van der Waals surface area contributed by atoms with Crippen molar-refractivity contribution in [1.29, 1.82) is 0 Å². The minimum atomic E-state index is -0.257. The van der Waals surface area contributed by atoms with E-state index < -0.39 is 0 Å². The van der Waals surface area contributed by atoms with E-state index in [9.17, 15) is 4.79 Å².